The molecule has 1 rings (SSSR count). The van der Waals surface area contributed by atoms with Gasteiger partial charge in [0, 0.05) is 30.9 Å². The van der Waals surface area contributed by atoms with E-state index in [2.05, 4.69) is 29.5 Å². The quantitative estimate of drug-likeness (QED) is 0.209. The largest absolute Gasteiger partial charge is 0.426 e. The molecule has 134 valence electrons. The lowest BCUT2D eigenvalue weighted by Gasteiger charge is -2.12. The van der Waals surface area contributed by atoms with Gasteiger partial charge < -0.3 is 4.90 Å². The monoisotopic (exact) mass is 337 g/mol. The van der Waals surface area contributed by atoms with Gasteiger partial charge in [-0.15, -0.1) is 13.2 Å². The highest BCUT2D eigenvalue weighted by Gasteiger charge is 2.21. The molecule has 0 saturated carbocycles. The van der Waals surface area contributed by atoms with Crippen molar-refractivity contribution in [2.45, 2.75) is 21.8 Å². The van der Waals surface area contributed by atoms with Crippen LogP contribution in [0.2, 0.25) is 0 Å². The average molecular weight is 337 g/mol. The van der Waals surface area contributed by atoms with Crippen LogP contribution in [0, 0.1) is 0 Å². The second-order valence-electron chi connectivity index (χ2n) is 4.29. The summed E-state index contributed by atoms with van der Waals surface area (Å²) in [5.74, 6) is -3.07. The maximum absolute atomic E-state index is 11.7. The molecule has 0 aromatic heterocycles. The van der Waals surface area contributed by atoms with Gasteiger partial charge in [-0.3, -0.25) is 4.79 Å². The number of hydrogen-bond donors (Lipinski definition) is 0. The molecule has 6 nitrogen and oxygen atoms in total. The summed E-state index contributed by atoms with van der Waals surface area (Å²) >= 11 is 0. The molecule has 0 fully saturated rings. The van der Waals surface area contributed by atoms with E-state index in [1.165, 1.54) is 19.1 Å². The molecule has 0 unspecified atom stereocenters. The van der Waals surface area contributed by atoms with Gasteiger partial charge in [0.2, 0.25) is 0 Å². The third-order valence-electron chi connectivity index (χ3n) is 2.37. The number of Topliss-reactive ketones (excluding diaryl/α,β-unsaturated/α-hetero) is 1. The molecule has 0 heterocycles. The zero-order chi connectivity index (χ0) is 17.3. The van der Waals surface area contributed by atoms with Crippen LogP contribution in [0.5, 0.6) is 0 Å². The molecule has 0 aliphatic heterocycles. The summed E-state index contributed by atoms with van der Waals surface area (Å²) < 4.78 is 0. The van der Waals surface area contributed by atoms with Gasteiger partial charge in [0.1, 0.15) is 0 Å². The van der Waals surface area contributed by atoms with Crippen LogP contribution in [-0.2, 0) is 19.4 Å². The van der Waals surface area contributed by atoms with Crippen molar-refractivity contribution in [2.24, 2.45) is 0 Å². The standard InChI is InChI=1S/C14H15NO5.C2H4.2CH4/c1-9(2)13(17)19-20-14(18)12(16)10-5-7-11(8-6-10)15(3)4;1-2;;/h5-8H,1H2,2-4H3;1-2H2;2*1H4. The Bertz CT molecular complexity index is 561. The predicted molar refractivity (Wildman–Crippen MR) is 96.8 cm³/mol. The van der Waals surface area contributed by atoms with Crippen molar-refractivity contribution in [1.29, 1.82) is 0 Å². The van der Waals surface area contributed by atoms with E-state index in [9.17, 15) is 14.4 Å². The fourth-order valence-corrected chi connectivity index (χ4v) is 1.21. The van der Waals surface area contributed by atoms with Crippen molar-refractivity contribution in [3.8, 4) is 0 Å². The smallest absolute Gasteiger partial charge is 0.378 e. The van der Waals surface area contributed by atoms with Crippen LogP contribution in [0.4, 0.5) is 5.69 Å². The lowest BCUT2D eigenvalue weighted by Crippen LogP contribution is -2.20. The number of nitrogens with zero attached hydrogens (tertiary/aromatic N) is 1. The molecule has 0 saturated heterocycles. The maximum Gasteiger partial charge on any atom is 0.426 e. The number of hydrogen-bond acceptors (Lipinski definition) is 6. The van der Waals surface area contributed by atoms with Gasteiger partial charge in [0.05, 0.1) is 0 Å². The SMILES string of the molecule is C.C.C=C.C=C(C)C(=O)OOC(=O)C(=O)c1ccc(N(C)C)cc1. The summed E-state index contributed by atoms with van der Waals surface area (Å²) in [5.41, 5.74) is 1.08. The molecule has 0 bridgehead atoms. The summed E-state index contributed by atoms with van der Waals surface area (Å²) in [4.78, 5) is 44.3. The van der Waals surface area contributed by atoms with Gasteiger partial charge in [0.25, 0.3) is 5.78 Å². The van der Waals surface area contributed by atoms with Crippen molar-refractivity contribution in [2.75, 3.05) is 19.0 Å². The van der Waals surface area contributed by atoms with Crippen LogP contribution >= 0.6 is 0 Å². The van der Waals surface area contributed by atoms with E-state index in [1.54, 1.807) is 12.1 Å². The van der Waals surface area contributed by atoms with Crippen LogP contribution in [0.15, 0.2) is 49.6 Å². The Hall–Kier alpha value is -2.89. The minimum atomic E-state index is -1.27. The Morgan fingerprint density at radius 1 is 0.917 bits per heavy atom. The van der Waals surface area contributed by atoms with Crippen LogP contribution in [0.25, 0.3) is 0 Å². The fraction of sp³-hybridized carbons (Fsp3) is 0.278. The fourth-order valence-electron chi connectivity index (χ4n) is 1.21. The molecule has 24 heavy (non-hydrogen) atoms. The van der Waals surface area contributed by atoms with Gasteiger partial charge >= 0.3 is 11.9 Å². The van der Waals surface area contributed by atoms with E-state index in [-0.39, 0.29) is 26.0 Å². The van der Waals surface area contributed by atoms with Gasteiger partial charge in [-0.25, -0.2) is 19.4 Å². The third-order valence-corrected chi connectivity index (χ3v) is 2.37. The molecule has 1 aromatic rings. The molecule has 0 spiro atoms. The van der Waals surface area contributed by atoms with Crippen molar-refractivity contribution in [3.63, 3.8) is 0 Å². The summed E-state index contributed by atoms with van der Waals surface area (Å²) in [6.07, 6.45) is 0. The van der Waals surface area contributed by atoms with Crippen molar-refractivity contribution >= 4 is 23.4 Å². The zero-order valence-corrected chi connectivity index (χ0v) is 12.9. The molecule has 0 aliphatic rings. The normalized spacial score (nSPS) is 8.12. The Morgan fingerprint density at radius 2 is 1.33 bits per heavy atom. The first-order valence-electron chi connectivity index (χ1n) is 6.23. The number of rotatable bonds is 4. The number of carbonyl (C=O) groups is 3. The van der Waals surface area contributed by atoms with Gasteiger partial charge in [-0.05, 0) is 31.2 Å². The zero-order valence-electron chi connectivity index (χ0n) is 12.9. The van der Waals surface area contributed by atoms with Gasteiger partial charge in [-0.2, -0.15) is 0 Å². The Morgan fingerprint density at radius 3 is 1.71 bits per heavy atom. The van der Waals surface area contributed by atoms with E-state index < -0.39 is 17.7 Å². The Labute approximate surface area is 144 Å². The molecular formula is C18H27NO5. The Balaban J connectivity index is -0.00000106. The molecule has 0 atom stereocenters. The number of benzene rings is 1. The maximum atomic E-state index is 11.7. The van der Waals surface area contributed by atoms with Crippen LogP contribution in [0.1, 0.15) is 32.1 Å². The van der Waals surface area contributed by atoms with E-state index in [0.717, 1.165) is 5.69 Å². The molecular weight excluding hydrogens is 310 g/mol. The van der Waals surface area contributed by atoms with Crippen molar-refractivity contribution in [1.82, 2.24) is 0 Å². The van der Waals surface area contributed by atoms with Crippen LogP contribution in [-0.4, -0.2) is 31.8 Å². The number of ketones is 1. The first-order chi connectivity index (χ1) is 10.3. The number of anilines is 1. The highest BCUT2D eigenvalue weighted by Crippen LogP contribution is 2.13. The molecule has 0 amide bonds. The lowest BCUT2D eigenvalue weighted by molar-refractivity contribution is -0.250. The second-order valence-corrected chi connectivity index (χ2v) is 4.29. The summed E-state index contributed by atoms with van der Waals surface area (Å²) in [6, 6.07) is 6.33. The summed E-state index contributed by atoms with van der Waals surface area (Å²) in [6.45, 7) is 10.7. The third kappa shape index (κ3) is 7.93. The second kappa shape index (κ2) is 12.6. The van der Waals surface area contributed by atoms with Crippen LogP contribution < -0.4 is 4.90 Å². The first-order valence-corrected chi connectivity index (χ1v) is 6.23. The molecule has 0 N–H and O–H groups in total. The molecule has 1 aromatic carbocycles. The van der Waals surface area contributed by atoms with Crippen molar-refractivity contribution < 1.29 is 24.2 Å². The average Bonchev–Trinajstić information content (AvgIpc) is 2.53. The summed E-state index contributed by atoms with van der Waals surface area (Å²) in [5, 5.41) is 0. The molecule has 0 aliphatic carbocycles. The van der Waals surface area contributed by atoms with E-state index in [0.29, 0.717) is 0 Å². The topological polar surface area (TPSA) is 72.9 Å². The minimum absolute atomic E-state index is 0. The molecule has 6 heteroatoms. The number of carbonyl (C=O) groups excluding carboxylic acids is 3. The van der Waals surface area contributed by atoms with E-state index in [1.807, 2.05) is 19.0 Å². The van der Waals surface area contributed by atoms with E-state index in [4.69, 9.17) is 0 Å². The van der Waals surface area contributed by atoms with Gasteiger partial charge in [-0.1, -0.05) is 21.4 Å². The Kier molecular flexibility index (Phi) is 13.7. The minimum Gasteiger partial charge on any atom is -0.378 e. The summed E-state index contributed by atoms with van der Waals surface area (Å²) in [7, 11) is 3.70. The first kappa shape index (κ1) is 26.0. The lowest BCUT2D eigenvalue weighted by atomic mass is 10.1. The van der Waals surface area contributed by atoms with Crippen molar-refractivity contribution in [3.05, 3.63) is 55.1 Å². The predicted octanol–water partition coefficient (Wildman–Crippen LogP) is 3.59. The van der Waals surface area contributed by atoms with Crippen LogP contribution in [0.3, 0.4) is 0 Å². The highest BCUT2D eigenvalue weighted by atomic mass is 17.2. The highest BCUT2D eigenvalue weighted by molar-refractivity contribution is 6.40. The molecule has 0 radical (unpaired) electrons. The van der Waals surface area contributed by atoms with Gasteiger partial charge in [0.15, 0.2) is 0 Å². The van der Waals surface area contributed by atoms with E-state index >= 15 is 0 Å².